The number of nitrogens with zero attached hydrogens (tertiary/aromatic N) is 2. The van der Waals surface area contributed by atoms with Crippen LogP contribution in [0.1, 0.15) is 32.9 Å². The number of aromatic nitrogens is 2. The fraction of sp³-hybridized carbons (Fsp3) is 0.500. The van der Waals surface area contributed by atoms with Crippen molar-refractivity contribution in [2.45, 2.75) is 33.2 Å². The second-order valence-electron chi connectivity index (χ2n) is 3.84. The molecule has 0 bridgehead atoms. The van der Waals surface area contributed by atoms with Gasteiger partial charge in [0.1, 0.15) is 17.9 Å². The molecular formula is C12H20N4O. The Morgan fingerprint density at radius 1 is 1.53 bits per heavy atom. The lowest BCUT2D eigenvalue weighted by Crippen LogP contribution is -2.14. The summed E-state index contributed by atoms with van der Waals surface area (Å²) in [5, 5.41) is 3.30. The van der Waals surface area contributed by atoms with Crippen molar-refractivity contribution >= 4 is 11.9 Å². The van der Waals surface area contributed by atoms with Gasteiger partial charge in [0, 0.05) is 25.2 Å². The largest absolute Gasteiger partial charge is 0.414 e. The summed E-state index contributed by atoms with van der Waals surface area (Å²) in [4.78, 5) is 13.5. The molecule has 0 amide bonds. The lowest BCUT2D eigenvalue weighted by Gasteiger charge is -2.11. The predicted molar refractivity (Wildman–Crippen MR) is 69.2 cm³/mol. The summed E-state index contributed by atoms with van der Waals surface area (Å²) >= 11 is 0. The van der Waals surface area contributed by atoms with Crippen LogP contribution in [0, 0.1) is 0 Å². The first-order valence-corrected chi connectivity index (χ1v) is 5.76. The Morgan fingerprint density at radius 3 is 2.94 bits per heavy atom. The molecule has 1 unspecified atom stereocenters. The minimum atomic E-state index is 0.399. The maximum Gasteiger partial charge on any atom is 0.130 e. The molecule has 2 N–H and O–H groups in total. The zero-order valence-corrected chi connectivity index (χ0v) is 10.8. The van der Waals surface area contributed by atoms with Crippen LogP contribution in [0.4, 0.5) is 5.82 Å². The van der Waals surface area contributed by atoms with Crippen molar-refractivity contribution in [3.63, 3.8) is 0 Å². The van der Waals surface area contributed by atoms with Gasteiger partial charge >= 0.3 is 0 Å². The third kappa shape index (κ3) is 4.82. The quantitative estimate of drug-likeness (QED) is 0.585. The van der Waals surface area contributed by atoms with E-state index >= 15 is 0 Å². The number of hydrogen-bond acceptors (Lipinski definition) is 5. The van der Waals surface area contributed by atoms with Gasteiger partial charge in [0.2, 0.25) is 0 Å². The molecule has 1 atom stereocenters. The van der Waals surface area contributed by atoms with E-state index in [-0.39, 0.29) is 0 Å². The summed E-state index contributed by atoms with van der Waals surface area (Å²) in [6, 6.07) is 2.30. The van der Waals surface area contributed by atoms with Gasteiger partial charge in [-0.15, -0.1) is 0 Å². The number of rotatable bonds is 6. The van der Waals surface area contributed by atoms with Crippen molar-refractivity contribution in [3.05, 3.63) is 23.8 Å². The van der Waals surface area contributed by atoms with Crippen LogP contribution in [0.15, 0.2) is 18.2 Å². The van der Waals surface area contributed by atoms with Crippen LogP contribution in [-0.4, -0.2) is 23.1 Å². The monoisotopic (exact) mass is 236 g/mol. The Morgan fingerprint density at radius 2 is 2.29 bits per heavy atom. The highest BCUT2D eigenvalue weighted by atomic mass is 16.6. The summed E-state index contributed by atoms with van der Waals surface area (Å²) in [6.07, 6.45) is 4.44. The number of allylic oxidation sites excluding steroid dienone is 1. The van der Waals surface area contributed by atoms with Gasteiger partial charge in [-0.05, 0) is 20.3 Å². The Balaban J connectivity index is 2.75. The van der Waals surface area contributed by atoms with Crippen molar-refractivity contribution in [2.24, 2.45) is 0 Å². The molecule has 0 saturated carbocycles. The molecular weight excluding hydrogens is 216 g/mol. The first-order chi connectivity index (χ1) is 8.15. The second-order valence-corrected chi connectivity index (χ2v) is 3.84. The molecule has 1 heterocycles. The Labute approximate surface area is 102 Å². The molecule has 0 spiro atoms. The van der Waals surface area contributed by atoms with Gasteiger partial charge in [-0.25, -0.2) is 9.97 Å². The molecule has 0 radical (unpaired) electrons. The zero-order chi connectivity index (χ0) is 12.7. The highest BCUT2D eigenvalue weighted by Gasteiger charge is 2.01. The minimum absolute atomic E-state index is 0.399. The molecule has 0 saturated heterocycles. The first-order valence-electron chi connectivity index (χ1n) is 5.76. The molecule has 1 aromatic rings. The number of anilines is 1. The van der Waals surface area contributed by atoms with Crippen LogP contribution in [0.25, 0.3) is 6.08 Å². The topological polar surface area (TPSA) is 59.1 Å². The van der Waals surface area contributed by atoms with Crippen molar-refractivity contribution < 1.29 is 4.84 Å². The Kier molecular flexibility index (Phi) is 5.42. The fourth-order valence-electron chi connectivity index (χ4n) is 1.28. The van der Waals surface area contributed by atoms with Crippen molar-refractivity contribution in [3.8, 4) is 0 Å². The van der Waals surface area contributed by atoms with Crippen LogP contribution >= 0.6 is 0 Å². The van der Waals surface area contributed by atoms with E-state index in [1.165, 1.54) is 0 Å². The normalized spacial score (nSPS) is 13.3. The number of hydrogen-bond donors (Lipinski definition) is 2. The maximum atomic E-state index is 5.12. The summed E-state index contributed by atoms with van der Waals surface area (Å²) in [7, 11) is 1.72. The summed E-state index contributed by atoms with van der Waals surface area (Å²) < 4.78 is 0. The van der Waals surface area contributed by atoms with Gasteiger partial charge in [0.05, 0.1) is 5.69 Å². The average molecular weight is 236 g/mol. The molecule has 94 valence electrons. The summed E-state index contributed by atoms with van der Waals surface area (Å²) in [5.41, 5.74) is 3.43. The van der Waals surface area contributed by atoms with Gasteiger partial charge in [-0.1, -0.05) is 6.92 Å². The molecule has 5 nitrogen and oxygen atoms in total. The van der Waals surface area contributed by atoms with E-state index in [4.69, 9.17) is 4.84 Å². The number of nitrogens with one attached hydrogen (secondary N) is 2. The van der Waals surface area contributed by atoms with Crippen LogP contribution in [0.3, 0.4) is 0 Å². The first kappa shape index (κ1) is 13.4. The van der Waals surface area contributed by atoms with Crippen molar-refractivity contribution in [2.75, 3.05) is 12.4 Å². The molecule has 0 aromatic carbocycles. The Bertz CT molecular complexity index is 379. The van der Waals surface area contributed by atoms with Gasteiger partial charge in [0.15, 0.2) is 0 Å². The SMILES string of the molecule is CCC(C)Nc1cc(/C=C(\C)ONC)ncn1. The lowest BCUT2D eigenvalue weighted by atomic mass is 10.2. The van der Waals surface area contributed by atoms with Gasteiger partial charge < -0.3 is 10.2 Å². The average Bonchev–Trinajstić information content (AvgIpc) is 2.29. The highest BCUT2D eigenvalue weighted by Crippen LogP contribution is 2.10. The van der Waals surface area contributed by atoms with Gasteiger partial charge in [-0.2, -0.15) is 5.48 Å². The molecule has 1 rings (SSSR count). The van der Waals surface area contributed by atoms with Crippen LogP contribution in [0.5, 0.6) is 0 Å². The molecule has 0 aliphatic heterocycles. The fourth-order valence-corrected chi connectivity index (χ4v) is 1.28. The summed E-state index contributed by atoms with van der Waals surface area (Å²) in [5.74, 6) is 1.58. The lowest BCUT2D eigenvalue weighted by molar-refractivity contribution is 0.131. The van der Waals surface area contributed by atoms with Gasteiger partial charge in [0.25, 0.3) is 0 Å². The van der Waals surface area contributed by atoms with E-state index in [1.807, 2.05) is 19.1 Å². The molecule has 0 aliphatic carbocycles. The van der Waals surface area contributed by atoms with E-state index in [1.54, 1.807) is 13.4 Å². The molecule has 5 heteroatoms. The van der Waals surface area contributed by atoms with Crippen LogP contribution < -0.4 is 10.8 Å². The Hall–Kier alpha value is -1.62. The standard InChI is InChI=1S/C12H20N4O/c1-5-9(2)16-12-7-11(14-8-15-12)6-10(3)17-13-4/h6-9,13H,5H2,1-4H3,(H,14,15,16)/b10-6+. The van der Waals surface area contributed by atoms with E-state index < -0.39 is 0 Å². The van der Waals surface area contributed by atoms with Crippen molar-refractivity contribution in [1.82, 2.24) is 15.4 Å². The van der Waals surface area contributed by atoms with Crippen LogP contribution in [0.2, 0.25) is 0 Å². The van der Waals surface area contributed by atoms with Crippen molar-refractivity contribution in [1.29, 1.82) is 0 Å². The number of hydroxylamine groups is 1. The smallest absolute Gasteiger partial charge is 0.130 e. The molecule has 1 aromatic heterocycles. The predicted octanol–water partition coefficient (Wildman–Crippen LogP) is 2.20. The van der Waals surface area contributed by atoms with E-state index in [9.17, 15) is 0 Å². The second kappa shape index (κ2) is 6.85. The van der Waals surface area contributed by atoms with E-state index in [2.05, 4.69) is 34.6 Å². The van der Waals surface area contributed by atoms with Crippen LogP contribution in [-0.2, 0) is 4.84 Å². The third-order valence-electron chi connectivity index (χ3n) is 2.31. The van der Waals surface area contributed by atoms with E-state index in [0.29, 0.717) is 6.04 Å². The van der Waals surface area contributed by atoms with Gasteiger partial charge in [-0.3, -0.25) is 0 Å². The highest BCUT2D eigenvalue weighted by molar-refractivity contribution is 5.51. The molecule has 0 fully saturated rings. The molecule has 0 aliphatic rings. The maximum absolute atomic E-state index is 5.12. The third-order valence-corrected chi connectivity index (χ3v) is 2.31. The summed E-state index contributed by atoms with van der Waals surface area (Å²) in [6.45, 7) is 6.11. The zero-order valence-electron chi connectivity index (χ0n) is 10.8. The van der Waals surface area contributed by atoms with E-state index in [0.717, 1.165) is 23.7 Å². The molecule has 17 heavy (non-hydrogen) atoms. The minimum Gasteiger partial charge on any atom is -0.414 e.